The summed E-state index contributed by atoms with van der Waals surface area (Å²) in [6, 6.07) is 18.1. The largest absolute Gasteiger partial charge is 0.493 e. The standard InChI is InChI=1S/C33H61NO7Si5/c1-13-25-34-33(35)37-31-24-23-30(28-32(31)36-2)22-18-26-45(11,39-43(6,7)8)41-46(12,40-44(9,10)38-42(3,4)5)27-17-21-29-19-15-14-16-20-29/h14-16,19-20,23-24,28H,13,17-18,21-22,25-27H2,1-12H3,(H,34,35). The molecule has 2 unspecified atom stereocenters. The zero-order chi connectivity index (χ0) is 34.7. The summed E-state index contributed by atoms with van der Waals surface area (Å²) in [5.74, 6) is 0.950. The number of amides is 1. The molecule has 0 aromatic heterocycles. The summed E-state index contributed by atoms with van der Waals surface area (Å²) in [4.78, 5) is 12.1. The van der Waals surface area contributed by atoms with Crippen molar-refractivity contribution in [2.75, 3.05) is 13.7 Å². The Kier molecular flexibility index (Phi) is 15.6. The quantitative estimate of drug-likeness (QED) is 0.136. The molecular weight excluding hydrogens is 663 g/mol. The molecule has 0 aliphatic carbocycles. The van der Waals surface area contributed by atoms with Gasteiger partial charge in [-0.05, 0) is 133 Å². The number of hydrogen-bond acceptors (Lipinski definition) is 7. The van der Waals surface area contributed by atoms with Gasteiger partial charge in [0, 0.05) is 6.54 Å². The zero-order valence-electron chi connectivity index (χ0n) is 30.6. The second-order valence-corrected chi connectivity index (χ2v) is 34.8. The van der Waals surface area contributed by atoms with Crippen LogP contribution in [0.1, 0.15) is 37.3 Å². The summed E-state index contributed by atoms with van der Waals surface area (Å²) in [5.41, 5.74) is 2.44. The van der Waals surface area contributed by atoms with E-state index in [0.717, 1.165) is 49.8 Å². The highest BCUT2D eigenvalue weighted by Gasteiger charge is 2.48. The Bertz CT molecular complexity index is 1220. The Labute approximate surface area is 284 Å². The summed E-state index contributed by atoms with van der Waals surface area (Å²) >= 11 is 0. The minimum Gasteiger partial charge on any atom is -0.493 e. The van der Waals surface area contributed by atoms with Crippen molar-refractivity contribution in [1.29, 1.82) is 0 Å². The number of hydrogen-bond donors (Lipinski definition) is 1. The topological polar surface area (TPSA) is 84.5 Å². The fraction of sp³-hybridized carbons (Fsp3) is 0.606. The van der Waals surface area contributed by atoms with Crippen LogP contribution in [0.5, 0.6) is 11.5 Å². The van der Waals surface area contributed by atoms with Crippen molar-refractivity contribution in [2.24, 2.45) is 0 Å². The third-order valence-corrected chi connectivity index (χ3v) is 25.2. The summed E-state index contributed by atoms with van der Waals surface area (Å²) in [6.07, 6.45) is 4.07. The van der Waals surface area contributed by atoms with E-state index in [2.05, 4.69) is 101 Å². The lowest BCUT2D eigenvalue weighted by Crippen LogP contribution is -2.60. The lowest BCUT2D eigenvalue weighted by molar-refractivity contribution is 0.198. The molecule has 2 aromatic rings. The molecule has 0 saturated carbocycles. The molecule has 0 spiro atoms. The van der Waals surface area contributed by atoms with Gasteiger partial charge in [-0.25, -0.2) is 4.79 Å². The van der Waals surface area contributed by atoms with Crippen molar-refractivity contribution in [2.45, 2.75) is 117 Å². The summed E-state index contributed by atoms with van der Waals surface area (Å²) in [5, 5.41) is 2.73. The lowest BCUT2D eigenvalue weighted by Gasteiger charge is -2.44. The van der Waals surface area contributed by atoms with Crippen LogP contribution in [-0.2, 0) is 29.3 Å². The maximum atomic E-state index is 12.1. The van der Waals surface area contributed by atoms with Crippen molar-refractivity contribution < 1.29 is 30.7 Å². The minimum absolute atomic E-state index is 0.409. The molecule has 0 aliphatic rings. The summed E-state index contributed by atoms with van der Waals surface area (Å²) in [6.45, 7) is 24.8. The lowest BCUT2D eigenvalue weighted by atomic mass is 10.1. The van der Waals surface area contributed by atoms with Gasteiger partial charge in [-0.1, -0.05) is 43.3 Å². The molecule has 2 atom stereocenters. The van der Waals surface area contributed by atoms with Crippen molar-refractivity contribution in [3.05, 3.63) is 59.7 Å². The predicted octanol–water partition coefficient (Wildman–Crippen LogP) is 9.34. The molecule has 260 valence electrons. The molecular formula is C33H61NO7Si5. The first-order chi connectivity index (χ1) is 21.3. The first-order valence-corrected chi connectivity index (χ1v) is 31.4. The van der Waals surface area contributed by atoms with Crippen molar-refractivity contribution in [3.8, 4) is 11.5 Å². The van der Waals surface area contributed by atoms with E-state index in [1.54, 1.807) is 13.2 Å². The fourth-order valence-electron chi connectivity index (χ4n) is 5.82. The molecule has 2 aromatic carbocycles. The van der Waals surface area contributed by atoms with Crippen LogP contribution in [0.25, 0.3) is 0 Å². The number of ether oxygens (including phenoxy) is 2. The number of nitrogens with one attached hydrogen (secondary N) is 1. The molecule has 1 amide bonds. The Morgan fingerprint density at radius 3 is 1.78 bits per heavy atom. The van der Waals surface area contributed by atoms with Gasteiger partial charge in [0.1, 0.15) is 0 Å². The van der Waals surface area contributed by atoms with Gasteiger partial charge in [-0.2, -0.15) is 0 Å². The highest BCUT2D eigenvalue weighted by atomic mass is 28.5. The smallest absolute Gasteiger partial charge is 0.412 e. The van der Waals surface area contributed by atoms with Crippen LogP contribution in [0, 0.1) is 0 Å². The van der Waals surface area contributed by atoms with Crippen LogP contribution < -0.4 is 14.8 Å². The van der Waals surface area contributed by atoms with E-state index in [0.29, 0.717) is 18.0 Å². The molecule has 0 heterocycles. The van der Waals surface area contributed by atoms with Gasteiger partial charge in [0.2, 0.25) is 0 Å². The average Bonchev–Trinajstić information content (AvgIpc) is 2.90. The first kappa shape index (κ1) is 40.6. The Morgan fingerprint density at radius 2 is 1.24 bits per heavy atom. The highest BCUT2D eigenvalue weighted by molar-refractivity contribution is 6.90. The SMILES string of the molecule is CCCNC(=O)Oc1ccc(CCC[Si](C)(O[Si](C)(C)C)O[Si](C)(CCCc2ccccc2)O[Si](C)(C)O[Si](C)(C)C)cc1OC. The van der Waals surface area contributed by atoms with E-state index in [1.807, 2.05) is 19.1 Å². The van der Waals surface area contributed by atoms with Crippen LogP contribution in [0.3, 0.4) is 0 Å². The molecule has 2 rings (SSSR count). The number of carbonyl (C=O) groups is 1. The molecule has 0 radical (unpaired) electrons. The maximum Gasteiger partial charge on any atom is 0.412 e. The number of methoxy groups -OCH3 is 1. The van der Waals surface area contributed by atoms with Crippen LogP contribution in [0.2, 0.25) is 77.6 Å². The molecule has 46 heavy (non-hydrogen) atoms. The zero-order valence-corrected chi connectivity index (χ0v) is 35.6. The third kappa shape index (κ3) is 16.0. The van der Waals surface area contributed by atoms with Gasteiger partial charge >= 0.3 is 31.8 Å². The number of benzene rings is 2. The van der Waals surface area contributed by atoms with Crippen molar-refractivity contribution >= 4 is 48.4 Å². The Morgan fingerprint density at radius 1 is 0.674 bits per heavy atom. The van der Waals surface area contributed by atoms with Crippen LogP contribution in [-0.4, -0.2) is 62.1 Å². The van der Waals surface area contributed by atoms with Gasteiger partial charge in [-0.3, -0.25) is 0 Å². The maximum absolute atomic E-state index is 12.1. The Balaban J connectivity index is 2.25. The molecule has 13 heteroatoms. The van der Waals surface area contributed by atoms with Gasteiger partial charge in [0.05, 0.1) is 7.11 Å². The van der Waals surface area contributed by atoms with Crippen molar-refractivity contribution in [3.63, 3.8) is 0 Å². The number of carbonyl (C=O) groups excluding carboxylic acids is 1. The number of aryl methyl sites for hydroxylation is 2. The van der Waals surface area contributed by atoms with Gasteiger partial charge in [0.25, 0.3) is 0 Å². The average molecular weight is 724 g/mol. The van der Waals surface area contributed by atoms with E-state index < -0.39 is 48.4 Å². The predicted molar refractivity (Wildman–Crippen MR) is 202 cm³/mol. The summed E-state index contributed by atoms with van der Waals surface area (Å²) < 4.78 is 39.1. The van der Waals surface area contributed by atoms with Gasteiger partial charge in [0.15, 0.2) is 28.1 Å². The molecule has 8 nitrogen and oxygen atoms in total. The summed E-state index contributed by atoms with van der Waals surface area (Å²) in [7, 11) is -9.98. The van der Waals surface area contributed by atoms with Crippen LogP contribution in [0.15, 0.2) is 48.5 Å². The van der Waals surface area contributed by atoms with Gasteiger partial charge < -0.3 is 31.3 Å². The van der Waals surface area contributed by atoms with Crippen LogP contribution >= 0.6 is 0 Å². The first-order valence-electron chi connectivity index (χ1n) is 16.7. The number of rotatable bonds is 20. The highest BCUT2D eigenvalue weighted by Crippen LogP contribution is 2.34. The van der Waals surface area contributed by atoms with Crippen LogP contribution in [0.4, 0.5) is 4.79 Å². The van der Waals surface area contributed by atoms with Gasteiger partial charge in [-0.15, -0.1) is 0 Å². The fourth-order valence-corrected chi connectivity index (χ4v) is 29.6. The molecule has 1 N–H and O–H groups in total. The minimum atomic E-state index is -2.71. The van der Waals surface area contributed by atoms with E-state index in [4.69, 9.17) is 25.9 Å². The normalized spacial score (nSPS) is 15.1. The third-order valence-electron chi connectivity index (χ3n) is 6.95. The van der Waals surface area contributed by atoms with E-state index >= 15 is 0 Å². The molecule has 0 fully saturated rings. The Hall–Kier alpha value is -1.57. The van der Waals surface area contributed by atoms with E-state index in [1.165, 1.54) is 5.56 Å². The van der Waals surface area contributed by atoms with E-state index in [9.17, 15) is 4.79 Å². The van der Waals surface area contributed by atoms with Crippen molar-refractivity contribution in [1.82, 2.24) is 5.32 Å². The second-order valence-electron chi connectivity index (χ2n) is 14.8. The molecule has 0 aliphatic heterocycles. The molecule has 0 bridgehead atoms. The van der Waals surface area contributed by atoms with E-state index in [-0.39, 0.29) is 0 Å². The molecule has 0 saturated heterocycles. The monoisotopic (exact) mass is 723 g/mol. The second kappa shape index (κ2) is 17.7.